The lowest BCUT2D eigenvalue weighted by Crippen LogP contribution is -2.13. The van der Waals surface area contributed by atoms with Gasteiger partial charge in [0.2, 0.25) is 0 Å². The highest BCUT2D eigenvalue weighted by Crippen LogP contribution is 2.28. The number of anilines is 2. The van der Waals surface area contributed by atoms with E-state index in [0.29, 0.717) is 25.8 Å². The molecule has 0 aromatic heterocycles. The number of nitrogens with zero attached hydrogens (tertiary/aromatic N) is 1. The summed E-state index contributed by atoms with van der Waals surface area (Å²) in [6.07, 6.45) is 0. The highest BCUT2D eigenvalue weighted by Gasteiger charge is 2.12. The van der Waals surface area contributed by atoms with Gasteiger partial charge in [0.1, 0.15) is 0 Å². The lowest BCUT2D eigenvalue weighted by molar-refractivity contribution is 0.102. The molecule has 110 valence electrons. The van der Waals surface area contributed by atoms with Crippen molar-refractivity contribution in [3.8, 4) is 0 Å². The van der Waals surface area contributed by atoms with Gasteiger partial charge in [-0.1, -0.05) is 23.2 Å². The molecule has 0 saturated heterocycles. The van der Waals surface area contributed by atoms with E-state index in [1.165, 1.54) is 0 Å². The summed E-state index contributed by atoms with van der Waals surface area (Å²) in [5, 5.41) is 3.95. The van der Waals surface area contributed by atoms with Crippen molar-refractivity contribution in [2.45, 2.75) is 0 Å². The smallest absolute Gasteiger partial charge is 0.256 e. The molecule has 0 unspecified atom stereocenters. The van der Waals surface area contributed by atoms with Gasteiger partial charge < -0.3 is 10.2 Å². The van der Waals surface area contributed by atoms with E-state index in [-0.39, 0.29) is 5.91 Å². The average molecular weight is 388 g/mol. The predicted octanol–water partition coefficient (Wildman–Crippen LogP) is 5.07. The Kier molecular flexibility index (Phi) is 5.14. The van der Waals surface area contributed by atoms with Crippen molar-refractivity contribution in [1.29, 1.82) is 0 Å². The van der Waals surface area contributed by atoms with Crippen LogP contribution < -0.4 is 10.2 Å². The molecule has 0 bridgehead atoms. The van der Waals surface area contributed by atoms with Gasteiger partial charge in [-0.25, -0.2) is 0 Å². The van der Waals surface area contributed by atoms with Crippen molar-refractivity contribution in [3.05, 3.63) is 56.5 Å². The molecule has 0 spiro atoms. The first-order chi connectivity index (χ1) is 9.88. The monoisotopic (exact) mass is 386 g/mol. The summed E-state index contributed by atoms with van der Waals surface area (Å²) in [6.45, 7) is 0. The molecule has 0 aliphatic carbocycles. The fourth-order valence-electron chi connectivity index (χ4n) is 1.82. The highest BCUT2D eigenvalue weighted by atomic mass is 79.9. The molecule has 2 rings (SSSR count). The zero-order valence-electron chi connectivity index (χ0n) is 11.5. The van der Waals surface area contributed by atoms with E-state index in [1.807, 2.05) is 31.1 Å². The van der Waals surface area contributed by atoms with Crippen molar-refractivity contribution in [2.24, 2.45) is 0 Å². The fraction of sp³-hybridized carbons (Fsp3) is 0.133. The van der Waals surface area contributed by atoms with Crippen molar-refractivity contribution in [1.82, 2.24) is 0 Å². The first kappa shape index (κ1) is 16.1. The SMILES string of the molecule is CN(C)c1ccc(NC(=O)c2ccc(Cl)cc2Br)cc1Cl. The summed E-state index contributed by atoms with van der Waals surface area (Å²) >= 11 is 15.4. The van der Waals surface area contributed by atoms with E-state index in [2.05, 4.69) is 21.2 Å². The van der Waals surface area contributed by atoms with E-state index in [0.717, 1.165) is 5.69 Å². The molecule has 0 atom stereocenters. The van der Waals surface area contributed by atoms with Crippen LogP contribution in [0.25, 0.3) is 0 Å². The predicted molar refractivity (Wildman–Crippen MR) is 92.9 cm³/mol. The lowest BCUT2D eigenvalue weighted by Gasteiger charge is -2.15. The normalized spacial score (nSPS) is 10.3. The Bertz CT molecular complexity index is 689. The van der Waals surface area contributed by atoms with Gasteiger partial charge in [0.25, 0.3) is 5.91 Å². The quantitative estimate of drug-likeness (QED) is 0.796. The van der Waals surface area contributed by atoms with Crippen LogP contribution in [-0.2, 0) is 0 Å². The minimum atomic E-state index is -0.229. The molecule has 1 N–H and O–H groups in total. The van der Waals surface area contributed by atoms with Crippen molar-refractivity contribution >= 4 is 56.4 Å². The van der Waals surface area contributed by atoms with E-state index in [1.54, 1.807) is 24.3 Å². The minimum Gasteiger partial charge on any atom is -0.376 e. The van der Waals surface area contributed by atoms with Gasteiger partial charge in [0.15, 0.2) is 0 Å². The average Bonchev–Trinajstić information content (AvgIpc) is 2.37. The fourth-order valence-corrected chi connectivity index (χ4v) is 3.03. The van der Waals surface area contributed by atoms with Crippen LogP contribution in [0, 0.1) is 0 Å². The summed E-state index contributed by atoms with van der Waals surface area (Å²) < 4.78 is 0.642. The van der Waals surface area contributed by atoms with E-state index in [4.69, 9.17) is 23.2 Å². The number of carbonyl (C=O) groups is 1. The third kappa shape index (κ3) is 3.90. The van der Waals surface area contributed by atoms with Gasteiger partial charge >= 0.3 is 0 Å². The Hall–Kier alpha value is -1.23. The summed E-state index contributed by atoms with van der Waals surface area (Å²) in [5.74, 6) is -0.229. The maximum atomic E-state index is 12.2. The third-order valence-corrected chi connectivity index (χ3v) is 4.06. The molecular formula is C15H13BrCl2N2O. The van der Waals surface area contributed by atoms with E-state index >= 15 is 0 Å². The highest BCUT2D eigenvalue weighted by molar-refractivity contribution is 9.10. The third-order valence-electron chi connectivity index (χ3n) is 2.86. The first-order valence-electron chi connectivity index (χ1n) is 6.12. The summed E-state index contributed by atoms with van der Waals surface area (Å²) in [7, 11) is 3.81. The van der Waals surface area contributed by atoms with E-state index < -0.39 is 0 Å². The van der Waals surface area contributed by atoms with Crippen LogP contribution in [0.15, 0.2) is 40.9 Å². The molecule has 0 aliphatic heterocycles. The number of nitrogens with one attached hydrogen (secondary N) is 1. The minimum absolute atomic E-state index is 0.229. The molecule has 0 aliphatic rings. The summed E-state index contributed by atoms with van der Waals surface area (Å²) in [6, 6.07) is 10.4. The Morgan fingerprint density at radius 1 is 1.14 bits per heavy atom. The number of carbonyl (C=O) groups excluding carboxylic acids is 1. The van der Waals surface area contributed by atoms with Gasteiger partial charge in [-0.15, -0.1) is 0 Å². The molecule has 0 radical (unpaired) electrons. The maximum Gasteiger partial charge on any atom is 0.256 e. The van der Waals surface area contributed by atoms with Gasteiger partial charge in [-0.2, -0.15) is 0 Å². The molecule has 0 saturated carbocycles. The Balaban J connectivity index is 2.22. The molecule has 0 fully saturated rings. The lowest BCUT2D eigenvalue weighted by atomic mass is 10.2. The summed E-state index contributed by atoms with van der Waals surface area (Å²) in [4.78, 5) is 14.1. The van der Waals surface area contributed by atoms with Crippen LogP contribution in [0.3, 0.4) is 0 Å². The summed E-state index contributed by atoms with van der Waals surface area (Å²) in [5.41, 5.74) is 2.03. The standard InChI is InChI=1S/C15H13BrCl2N2O/c1-20(2)14-6-4-10(8-13(14)18)19-15(21)11-5-3-9(17)7-12(11)16/h3-8H,1-2H3,(H,19,21). The van der Waals surface area contributed by atoms with Crippen molar-refractivity contribution < 1.29 is 4.79 Å². The van der Waals surface area contributed by atoms with Crippen LogP contribution in [0.2, 0.25) is 10.0 Å². The van der Waals surface area contributed by atoms with Crippen LogP contribution in [0.5, 0.6) is 0 Å². The Morgan fingerprint density at radius 3 is 2.43 bits per heavy atom. The van der Waals surface area contributed by atoms with Gasteiger partial charge in [0.05, 0.1) is 16.3 Å². The van der Waals surface area contributed by atoms with Crippen LogP contribution in [0.1, 0.15) is 10.4 Å². The van der Waals surface area contributed by atoms with Crippen molar-refractivity contribution in [2.75, 3.05) is 24.3 Å². The van der Waals surface area contributed by atoms with Crippen LogP contribution in [0.4, 0.5) is 11.4 Å². The van der Waals surface area contributed by atoms with Gasteiger partial charge in [-0.3, -0.25) is 4.79 Å². The van der Waals surface area contributed by atoms with Gasteiger partial charge in [-0.05, 0) is 52.3 Å². The molecule has 3 nitrogen and oxygen atoms in total. The zero-order chi connectivity index (χ0) is 15.6. The number of amides is 1. The molecule has 2 aromatic carbocycles. The number of rotatable bonds is 3. The number of hydrogen-bond donors (Lipinski definition) is 1. The number of halogens is 3. The maximum absolute atomic E-state index is 12.2. The molecule has 6 heteroatoms. The van der Waals surface area contributed by atoms with Gasteiger partial charge in [0, 0.05) is 29.3 Å². The second-order valence-electron chi connectivity index (χ2n) is 4.64. The molecule has 21 heavy (non-hydrogen) atoms. The molecule has 2 aromatic rings. The Labute approximate surface area is 142 Å². The Morgan fingerprint density at radius 2 is 1.86 bits per heavy atom. The van der Waals surface area contributed by atoms with Crippen LogP contribution in [-0.4, -0.2) is 20.0 Å². The number of benzene rings is 2. The molecule has 0 heterocycles. The van der Waals surface area contributed by atoms with Crippen molar-refractivity contribution in [3.63, 3.8) is 0 Å². The first-order valence-corrected chi connectivity index (χ1v) is 7.66. The number of hydrogen-bond acceptors (Lipinski definition) is 2. The molecular weight excluding hydrogens is 375 g/mol. The van der Waals surface area contributed by atoms with Crippen LogP contribution >= 0.6 is 39.1 Å². The zero-order valence-corrected chi connectivity index (χ0v) is 14.6. The second-order valence-corrected chi connectivity index (χ2v) is 6.34. The molecule has 1 amide bonds. The topological polar surface area (TPSA) is 32.3 Å². The van der Waals surface area contributed by atoms with E-state index in [9.17, 15) is 4.79 Å². The largest absolute Gasteiger partial charge is 0.376 e. The second kappa shape index (κ2) is 6.69.